The Labute approximate surface area is 141 Å². The second-order valence-corrected chi connectivity index (χ2v) is 5.25. The SMILES string of the molecule is COC(=O)CCN(Cc1ccco1)C(=O)Cc1ccc(OC)cc1. The molecule has 0 radical (unpaired) electrons. The third kappa shape index (κ3) is 5.15. The lowest BCUT2D eigenvalue weighted by Crippen LogP contribution is -2.33. The molecule has 0 aliphatic rings. The fourth-order valence-electron chi connectivity index (χ4n) is 2.24. The van der Waals surface area contributed by atoms with Crippen molar-refractivity contribution in [2.75, 3.05) is 20.8 Å². The molecule has 0 fully saturated rings. The fraction of sp³-hybridized carbons (Fsp3) is 0.333. The Kier molecular flexibility index (Phi) is 6.42. The van der Waals surface area contributed by atoms with Crippen molar-refractivity contribution >= 4 is 11.9 Å². The average Bonchev–Trinajstić information content (AvgIpc) is 3.11. The summed E-state index contributed by atoms with van der Waals surface area (Å²) in [6.07, 6.45) is 1.94. The number of furan rings is 1. The molecule has 0 N–H and O–H groups in total. The number of benzene rings is 1. The zero-order valence-electron chi connectivity index (χ0n) is 13.9. The Hall–Kier alpha value is -2.76. The van der Waals surface area contributed by atoms with Crippen molar-refractivity contribution in [3.05, 3.63) is 54.0 Å². The Morgan fingerprint density at radius 3 is 2.46 bits per heavy atom. The van der Waals surface area contributed by atoms with Crippen LogP contribution < -0.4 is 4.74 Å². The summed E-state index contributed by atoms with van der Waals surface area (Å²) >= 11 is 0. The number of amides is 1. The van der Waals surface area contributed by atoms with Gasteiger partial charge in [-0.2, -0.15) is 0 Å². The first-order valence-corrected chi connectivity index (χ1v) is 7.62. The summed E-state index contributed by atoms with van der Waals surface area (Å²) in [4.78, 5) is 25.6. The quantitative estimate of drug-likeness (QED) is 0.695. The molecule has 2 aromatic rings. The average molecular weight is 331 g/mol. The van der Waals surface area contributed by atoms with E-state index in [9.17, 15) is 9.59 Å². The van der Waals surface area contributed by atoms with E-state index in [-0.39, 0.29) is 31.3 Å². The first kappa shape index (κ1) is 17.6. The Morgan fingerprint density at radius 2 is 1.88 bits per heavy atom. The summed E-state index contributed by atoms with van der Waals surface area (Å²) < 4.78 is 15.1. The van der Waals surface area contributed by atoms with Gasteiger partial charge in [0.15, 0.2) is 0 Å². The van der Waals surface area contributed by atoms with Gasteiger partial charge < -0.3 is 18.8 Å². The van der Waals surface area contributed by atoms with Crippen LogP contribution in [0.3, 0.4) is 0 Å². The van der Waals surface area contributed by atoms with Crippen LogP contribution in [0.25, 0.3) is 0 Å². The van der Waals surface area contributed by atoms with Gasteiger partial charge in [0, 0.05) is 6.54 Å². The molecule has 1 aromatic heterocycles. The van der Waals surface area contributed by atoms with Gasteiger partial charge in [-0.15, -0.1) is 0 Å². The van der Waals surface area contributed by atoms with Crippen molar-refractivity contribution in [1.82, 2.24) is 4.90 Å². The first-order valence-electron chi connectivity index (χ1n) is 7.62. The van der Waals surface area contributed by atoms with Crippen LogP contribution in [0.5, 0.6) is 5.75 Å². The Bertz CT molecular complexity index is 649. The van der Waals surface area contributed by atoms with E-state index in [1.807, 2.05) is 24.3 Å². The maximum Gasteiger partial charge on any atom is 0.307 e. The van der Waals surface area contributed by atoms with E-state index in [2.05, 4.69) is 4.74 Å². The van der Waals surface area contributed by atoms with Crippen LogP contribution in [-0.4, -0.2) is 37.5 Å². The monoisotopic (exact) mass is 331 g/mol. The zero-order valence-corrected chi connectivity index (χ0v) is 13.9. The van der Waals surface area contributed by atoms with Gasteiger partial charge in [0.05, 0.1) is 39.9 Å². The van der Waals surface area contributed by atoms with Crippen molar-refractivity contribution in [3.8, 4) is 5.75 Å². The van der Waals surface area contributed by atoms with Crippen LogP contribution in [0, 0.1) is 0 Å². The summed E-state index contributed by atoms with van der Waals surface area (Å²) in [6.45, 7) is 0.599. The number of esters is 1. The molecule has 1 amide bonds. The standard InChI is InChI=1S/C18H21NO5/c1-22-15-7-5-14(6-8-15)12-17(20)19(10-9-18(21)23-2)13-16-4-3-11-24-16/h3-8,11H,9-10,12-13H2,1-2H3. The summed E-state index contributed by atoms with van der Waals surface area (Å²) in [5, 5.41) is 0. The molecule has 0 saturated heterocycles. The van der Waals surface area contributed by atoms with Crippen molar-refractivity contribution in [2.45, 2.75) is 19.4 Å². The molecule has 1 heterocycles. The maximum atomic E-state index is 12.6. The molecule has 0 aliphatic heterocycles. The number of carbonyl (C=O) groups excluding carboxylic acids is 2. The number of rotatable bonds is 8. The molecular weight excluding hydrogens is 310 g/mol. The van der Waals surface area contributed by atoms with Gasteiger partial charge in [0.2, 0.25) is 5.91 Å². The number of methoxy groups -OCH3 is 2. The van der Waals surface area contributed by atoms with Gasteiger partial charge in [-0.1, -0.05) is 12.1 Å². The van der Waals surface area contributed by atoms with Crippen molar-refractivity contribution in [3.63, 3.8) is 0 Å². The molecule has 128 valence electrons. The van der Waals surface area contributed by atoms with Crippen LogP contribution in [0.2, 0.25) is 0 Å². The molecule has 6 nitrogen and oxygen atoms in total. The summed E-state index contributed by atoms with van der Waals surface area (Å²) in [5.74, 6) is 0.976. The number of nitrogens with zero attached hydrogens (tertiary/aromatic N) is 1. The third-order valence-corrected chi connectivity index (χ3v) is 3.61. The molecular formula is C18H21NO5. The van der Waals surface area contributed by atoms with Crippen molar-refractivity contribution < 1.29 is 23.5 Å². The van der Waals surface area contributed by atoms with E-state index in [0.29, 0.717) is 12.3 Å². The van der Waals surface area contributed by atoms with E-state index >= 15 is 0 Å². The van der Waals surface area contributed by atoms with Gasteiger partial charge in [0.1, 0.15) is 11.5 Å². The highest BCUT2D eigenvalue weighted by Gasteiger charge is 2.17. The van der Waals surface area contributed by atoms with Crippen molar-refractivity contribution in [2.24, 2.45) is 0 Å². The Morgan fingerprint density at radius 1 is 1.12 bits per heavy atom. The topological polar surface area (TPSA) is 69.0 Å². The highest BCUT2D eigenvalue weighted by molar-refractivity contribution is 5.79. The van der Waals surface area contributed by atoms with Crippen LogP contribution >= 0.6 is 0 Å². The molecule has 2 rings (SSSR count). The molecule has 0 unspecified atom stereocenters. The normalized spacial score (nSPS) is 10.2. The van der Waals surface area contributed by atoms with Gasteiger partial charge in [-0.3, -0.25) is 9.59 Å². The van der Waals surface area contributed by atoms with Gasteiger partial charge in [0.25, 0.3) is 0 Å². The number of ether oxygens (including phenoxy) is 2. The number of carbonyl (C=O) groups is 2. The van der Waals surface area contributed by atoms with E-state index in [4.69, 9.17) is 9.15 Å². The fourth-order valence-corrected chi connectivity index (χ4v) is 2.24. The lowest BCUT2D eigenvalue weighted by molar-refractivity contribution is -0.141. The van der Waals surface area contributed by atoms with Crippen LogP contribution in [0.15, 0.2) is 47.1 Å². The van der Waals surface area contributed by atoms with Crippen molar-refractivity contribution in [1.29, 1.82) is 0 Å². The van der Waals surface area contributed by atoms with E-state index < -0.39 is 0 Å². The largest absolute Gasteiger partial charge is 0.497 e. The highest BCUT2D eigenvalue weighted by Crippen LogP contribution is 2.14. The van der Waals surface area contributed by atoms with Gasteiger partial charge >= 0.3 is 5.97 Å². The Balaban J connectivity index is 2.02. The maximum absolute atomic E-state index is 12.6. The molecule has 0 bridgehead atoms. The number of hydrogen-bond acceptors (Lipinski definition) is 5. The predicted molar refractivity (Wildman–Crippen MR) is 87.5 cm³/mol. The summed E-state index contributed by atoms with van der Waals surface area (Å²) in [7, 11) is 2.93. The number of hydrogen-bond donors (Lipinski definition) is 0. The predicted octanol–water partition coefficient (Wildman–Crippen LogP) is 2.42. The van der Waals surface area contributed by atoms with Gasteiger partial charge in [-0.25, -0.2) is 0 Å². The molecule has 0 saturated carbocycles. The van der Waals surface area contributed by atoms with E-state index in [0.717, 1.165) is 11.3 Å². The molecule has 6 heteroatoms. The second kappa shape index (κ2) is 8.76. The van der Waals surface area contributed by atoms with Crippen LogP contribution in [-0.2, 0) is 27.3 Å². The summed E-state index contributed by atoms with van der Waals surface area (Å²) in [5.41, 5.74) is 0.878. The molecule has 1 aromatic carbocycles. The van der Waals surface area contributed by atoms with Crippen LogP contribution in [0.4, 0.5) is 0 Å². The molecule has 0 atom stereocenters. The minimum absolute atomic E-state index is 0.0829. The molecule has 0 spiro atoms. The first-order chi connectivity index (χ1) is 11.6. The van der Waals surface area contributed by atoms with E-state index in [1.165, 1.54) is 7.11 Å². The lowest BCUT2D eigenvalue weighted by Gasteiger charge is -2.21. The third-order valence-electron chi connectivity index (χ3n) is 3.61. The van der Waals surface area contributed by atoms with Crippen LogP contribution in [0.1, 0.15) is 17.7 Å². The lowest BCUT2D eigenvalue weighted by atomic mass is 10.1. The van der Waals surface area contributed by atoms with Gasteiger partial charge in [-0.05, 0) is 29.8 Å². The minimum Gasteiger partial charge on any atom is -0.497 e. The zero-order chi connectivity index (χ0) is 17.4. The second-order valence-electron chi connectivity index (χ2n) is 5.25. The summed E-state index contributed by atoms with van der Waals surface area (Å²) in [6, 6.07) is 10.9. The minimum atomic E-state index is -0.350. The highest BCUT2D eigenvalue weighted by atomic mass is 16.5. The smallest absolute Gasteiger partial charge is 0.307 e. The van der Waals surface area contributed by atoms with E-state index in [1.54, 1.807) is 30.4 Å². The molecule has 0 aliphatic carbocycles. The molecule has 24 heavy (non-hydrogen) atoms.